The number of aromatic nitrogens is 2. The maximum Gasteiger partial charge on any atom is 0.434 e. The molecule has 0 bridgehead atoms. The first-order valence-corrected chi connectivity index (χ1v) is 7.24. The number of rotatable bonds is 2. The standard InChI is InChI=1S/C14H7ClF3N2OS/c1-21-9-4-2-3-8-11(9)12(15)7(5-19-8)13-20-10(6-22-13)14(16,17)18/h2-4,6H,1H3. The van der Waals surface area contributed by atoms with Crippen molar-refractivity contribution in [3.05, 3.63) is 40.5 Å². The number of halogens is 4. The average molecular weight is 344 g/mol. The molecule has 0 spiro atoms. The fourth-order valence-corrected chi connectivity index (χ4v) is 3.16. The van der Waals surface area contributed by atoms with Crippen LogP contribution in [0.4, 0.5) is 13.2 Å². The lowest BCUT2D eigenvalue weighted by Crippen LogP contribution is -2.04. The van der Waals surface area contributed by atoms with Crippen LogP contribution in [-0.4, -0.2) is 17.1 Å². The van der Waals surface area contributed by atoms with E-state index in [9.17, 15) is 13.2 Å². The van der Waals surface area contributed by atoms with E-state index in [0.29, 0.717) is 16.7 Å². The zero-order valence-electron chi connectivity index (χ0n) is 11.0. The van der Waals surface area contributed by atoms with E-state index in [1.54, 1.807) is 18.2 Å². The van der Waals surface area contributed by atoms with Gasteiger partial charge in [0, 0.05) is 5.38 Å². The molecule has 0 aliphatic heterocycles. The van der Waals surface area contributed by atoms with Crippen LogP contribution in [0.3, 0.4) is 0 Å². The number of hydrogen-bond donors (Lipinski definition) is 0. The highest BCUT2D eigenvalue weighted by Crippen LogP contribution is 2.40. The summed E-state index contributed by atoms with van der Waals surface area (Å²) in [6, 6.07) is 5.15. The second kappa shape index (κ2) is 5.40. The molecular weight excluding hydrogens is 337 g/mol. The minimum Gasteiger partial charge on any atom is -0.496 e. The van der Waals surface area contributed by atoms with E-state index < -0.39 is 11.9 Å². The Labute approximate surface area is 132 Å². The lowest BCUT2D eigenvalue weighted by Gasteiger charge is -2.08. The number of hydrogen-bond acceptors (Lipinski definition) is 4. The van der Waals surface area contributed by atoms with Gasteiger partial charge >= 0.3 is 6.18 Å². The van der Waals surface area contributed by atoms with Gasteiger partial charge in [-0.2, -0.15) is 13.2 Å². The highest BCUT2D eigenvalue weighted by Gasteiger charge is 2.34. The fraction of sp³-hybridized carbons (Fsp3) is 0.143. The molecular formula is C14H7ClF3N2OS. The Morgan fingerprint density at radius 3 is 2.73 bits per heavy atom. The summed E-state index contributed by atoms with van der Waals surface area (Å²) in [6.07, 6.45) is -1.84. The van der Waals surface area contributed by atoms with Crippen molar-refractivity contribution in [2.45, 2.75) is 6.18 Å². The summed E-state index contributed by atoms with van der Waals surface area (Å²) in [7, 11) is 1.48. The monoisotopic (exact) mass is 343 g/mol. The number of thiazole rings is 1. The molecule has 1 radical (unpaired) electrons. The summed E-state index contributed by atoms with van der Waals surface area (Å²) >= 11 is 7.16. The molecule has 0 aliphatic carbocycles. The van der Waals surface area contributed by atoms with E-state index in [0.717, 1.165) is 16.7 Å². The number of alkyl halides is 3. The van der Waals surface area contributed by atoms with Crippen molar-refractivity contribution in [3.63, 3.8) is 0 Å². The third-order valence-electron chi connectivity index (χ3n) is 2.96. The van der Waals surface area contributed by atoms with Crippen molar-refractivity contribution >= 4 is 33.8 Å². The average Bonchev–Trinajstić information content (AvgIpc) is 2.96. The summed E-state index contributed by atoms with van der Waals surface area (Å²) in [6.45, 7) is 0. The maximum absolute atomic E-state index is 12.7. The highest BCUT2D eigenvalue weighted by atomic mass is 35.5. The molecule has 0 amide bonds. The van der Waals surface area contributed by atoms with Crippen molar-refractivity contribution in [2.75, 3.05) is 7.11 Å². The van der Waals surface area contributed by atoms with Gasteiger partial charge in [-0.3, -0.25) is 0 Å². The summed E-state index contributed by atoms with van der Waals surface area (Å²) in [4.78, 5) is 7.67. The highest BCUT2D eigenvalue weighted by molar-refractivity contribution is 7.13. The lowest BCUT2D eigenvalue weighted by atomic mass is 10.1. The van der Waals surface area contributed by atoms with Crippen LogP contribution in [0.15, 0.2) is 23.6 Å². The molecule has 113 valence electrons. The van der Waals surface area contributed by atoms with Gasteiger partial charge in [0.1, 0.15) is 17.0 Å². The molecule has 8 heteroatoms. The van der Waals surface area contributed by atoms with E-state index in [1.807, 2.05) is 0 Å². The fourth-order valence-electron chi connectivity index (χ4n) is 1.95. The van der Waals surface area contributed by atoms with Crippen LogP contribution in [0.2, 0.25) is 5.02 Å². The first-order chi connectivity index (χ1) is 10.4. The second-order valence-electron chi connectivity index (χ2n) is 4.30. The quantitative estimate of drug-likeness (QED) is 0.668. The first-order valence-electron chi connectivity index (χ1n) is 5.99. The van der Waals surface area contributed by atoms with Crippen molar-refractivity contribution < 1.29 is 17.9 Å². The summed E-state index contributed by atoms with van der Waals surface area (Å²) < 4.78 is 43.2. The third-order valence-corrected chi connectivity index (χ3v) is 4.20. The Kier molecular flexibility index (Phi) is 3.70. The van der Waals surface area contributed by atoms with Crippen LogP contribution in [0.25, 0.3) is 21.5 Å². The Hall–Kier alpha value is -1.86. The summed E-state index contributed by atoms with van der Waals surface area (Å²) in [5, 5.41) is 1.78. The lowest BCUT2D eigenvalue weighted by molar-refractivity contribution is -0.140. The van der Waals surface area contributed by atoms with Gasteiger partial charge in [-0.1, -0.05) is 17.7 Å². The molecule has 0 unspecified atom stereocenters. The van der Waals surface area contributed by atoms with Crippen molar-refractivity contribution in [2.24, 2.45) is 0 Å². The smallest absolute Gasteiger partial charge is 0.434 e. The topological polar surface area (TPSA) is 35.0 Å². The summed E-state index contributed by atoms with van der Waals surface area (Å²) in [5.74, 6) is 0.484. The Morgan fingerprint density at radius 2 is 2.09 bits per heavy atom. The predicted molar refractivity (Wildman–Crippen MR) is 78.3 cm³/mol. The molecule has 2 heterocycles. The number of fused-ring (bicyclic) bond motifs is 1. The Bertz CT molecular complexity index is 848. The molecule has 0 saturated carbocycles. The van der Waals surface area contributed by atoms with Gasteiger partial charge in [0.15, 0.2) is 5.69 Å². The van der Waals surface area contributed by atoms with E-state index in [2.05, 4.69) is 16.2 Å². The van der Waals surface area contributed by atoms with Gasteiger partial charge in [0.05, 0.1) is 28.6 Å². The van der Waals surface area contributed by atoms with Crippen molar-refractivity contribution in [3.8, 4) is 16.3 Å². The Balaban J connectivity index is 2.20. The SMILES string of the molecule is COc1cccc2n[c]c(-c3nc(C(F)(F)F)cs3)c(Cl)c12. The number of pyridine rings is 1. The molecule has 2 aromatic heterocycles. The van der Waals surface area contributed by atoms with Crippen molar-refractivity contribution in [1.29, 1.82) is 0 Å². The molecule has 0 atom stereocenters. The van der Waals surface area contributed by atoms with Gasteiger partial charge in [-0.15, -0.1) is 11.3 Å². The van der Waals surface area contributed by atoms with Crippen LogP contribution in [0.1, 0.15) is 5.69 Å². The van der Waals surface area contributed by atoms with Crippen LogP contribution >= 0.6 is 22.9 Å². The zero-order valence-corrected chi connectivity index (χ0v) is 12.6. The minimum atomic E-state index is -4.50. The van der Waals surface area contributed by atoms with Gasteiger partial charge in [0.25, 0.3) is 0 Å². The zero-order chi connectivity index (χ0) is 15.9. The van der Waals surface area contributed by atoms with Gasteiger partial charge < -0.3 is 4.74 Å². The van der Waals surface area contributed by atoms with Crippen LogP contribution < -0.4 is 4.74 Å². The molecule has 0 aliphatic rings. The molecule has 3 rings (SSSR count). The van der Waals surface area contributed by atoms with E-state index in [-0.39, 0.29) is 15.6 Å². The molecule has 0 fully saturated rings. The molecule has 3 nitrogen and oxygen atoms in total. The predicted octanol–water partition coefficient (Wildman–Crippen LogP) is 4.84. The largest absolute Gasteiger partial charge is 0.496 e. The minimum absolute atomic E-state index is 0.109. The van der Waals surface area contributed by atoms with E-state index in [4.69, 9.17) is 16.3 Å². The van der Waals surface area contributed by atoms with E-state index in [1.165, 1.54) is 7.11 Å². The normalized spacial score (nSPS) is 11.9. The number of ether oxygens (including phenoxy) is 1. The van der Waals surface area contributed by atoms with Crippen LogP contribution in [0.5, 0.6) is 5.75 Å². The van der Waals surface area contributed by atoms with Crippen LogP contribution in [-0.2, 0) is 6.18 Å². The maximum atomic E-state index is 12.7. The third kappa shape index (κ3) is 2.50. The second-order valence-corrected chi connectivity index (χ2v) is 5.54. The van der Waals surface area contributed by atoms with Crippen molar-refractivity contribution in [1.82, 2.24) is 9.97 Å². The number of nitrogens with zero attached hydrogens (tertiary/aromatic N) is 2. The Morgan fingerprint density at radius 1 is 1.32 bits per heavy atom. The van der Waals surface area contributed by atoms with Gasteiger partial charge in [0.2, 0.25) is 0 Å². The first kappa shape index (κ1) is 15.1. The molecule has 0 N–H and O–H groups in total. The van der Waals surface area contributed by atoms with Gasteiger partial charge in [-0.25, -0.2) is 9.97 Å². The van der Waals surface area contributed by atoms with Gasteiger partial charge in [-0.05, 0) is 12.1 Å². The number of methoxy groups -OCH3 is 1. The molecule has 0 saturated heterocycles. The molecule has 3 aromatic rings. The van der Waals surface area contributed by atoms with Crippen LogP contribution in [0, 0.1) is 6.20 Å². The summed E-state index contributed by atoms with van der Waals surface area (Å²) in [5.41, 5.74) is -0.197. The molecule has 1 aromatic carbocycles. The van der Waals surface area contributed by atoms with E-state index >= 15 is 0 Å². The number of benzene rings is 1. The molecule has 22 heavy (non-hydrogen) atoms.